The summed E-state index contributed by atoms with van der Waals surface area (Å²) in [6.45, 7) is 7.10. The summed E-state index contributed by atoms with van der Waals surface area (Å²) in [5, 5.41) is 0. The van der Waals surface area contributed by atoms with Crippen LogP contribution < -0.4 is 16.0 Å². The highest BCUT2D eigenvalue weighted by Crippen LogP contribution is 2.27. The molecule has 0 aromatic heterocycles. The zero-order chi connectivity index (χ0) is 15.0. The Bertz CT molecular complexity index is 430. The molecule has 0 aliphatic rings. The fourth-order valence-corrected chi connectivity index (χ4v) is 2.06. The molecule has 0 saturated heterocycles. The molecule has 0 aliphatic carbocycles. The van der Waals surface area contributed by atoms with Crippen LogP contribution in [-0.2, 0) is 4.79 Å². The lowest BCUT2D eigenvalue weighted by Crippen LogP contribution is -2.29. The number of benzene rings is 1. The monoisotopic (exact) mass is 278 g/mol. The molecule has 0 unspecified atom stereocenters. The zero-order valence-corrected chi connectivity index (χ0v) is 12.7. The van der Waals surface area contributed by atoms with Gasteiger partial charge in [-0.15, -0.1) is 0 Å². The molecule has 1 aromatic carbocycles. The molecule has 0 heterocycles. The lowest BCUT2D eigenvalue weighted by atomic mass is 10.0. The first-order chi connectivity index (χ1) is 9.54. The Hall–Kier alpha value is -1.55. The maximum absolute atomic E-state index is 11.0. The minimum Gasteiger partial charge on any atom is -0.493 e. The van der Waals surface area contributed by atoms with Gasteiger partial charge in [-0.3, -0.25) is 10.2 Å². The van der Waals surface area contributed by atoms with Crippen LogP contribution in [0.2, 0.25) is 0 Å². The topological polar surface area (TPSA) is 64.3 Å². The van der Waals surface area contributed by atoms with E-state index in [1.54, 1.807) is 0 Å². The van der Waals surface area contributed by atoms with Crippen molar-refractivity contribution in [2.45, 2.75) is 52.4 Å². The van der Waals surface area contributed by atoms with E-state index in [1.807, 2.05) is 0 Å². The fourth-order valence-electron chi connectivity index (χ4n) is 2.06. The van der Waals surface area contributed by atoms with Crippen molar-refractivity contribution >= 4 is 5.91 Å². The Kier molecular flexibility index (Phi) is 7.09. The number of nitrogens with two attached hydrogens (primary N) is 1. The van der Waals surface area contributed by atoms with Gasteiger partial charge in [-0.1, -0.05) is 26.0 Å². The van der Waals surface area contributed by atoms with E-state index in [-0.39, 0.29) is 5.91 Å². The highest BCUT2D eigenvalue weighted by molar-refractivity contribution is 5.75. The second kappa shape index (κ2) is 8.59. The lowest BCUT2D eigenvalue weighted by Gasteiger charge is -2.14. The lowest BCUT2D eigenvalue weighted by molar-refractivity contribution is -0.121. The second-order valence-electron chi connectivity index (χ2n) is 5.42. The van der Waals surface area contributed by atoms with E-state index in [4.69, 9.17) is 10.6 Å². The molecule has 0 fully saturated rings. The molecule has 0 spiro atoms. The van der Waals surface area contributed by atoms with Crippen LogP contribution in [0, 0.1) is 6.92 Å². The Balaban J connectivity index is 2.35. The number of carbonyl (C=O) groups excluding carboxylic acids is 1. The first kappa shape index (κ1) is 16.5. The molecule has 0 saturated carbocycles. The molecule has 4 heteroatoms. The third-order valence-corrected chi connectivity index (χ3v) is 3.26. The van der Waals surface area contributed by atoms with Crippen LogP contribution in [0.15, 0.2) is 18.2 Å². The molecule has 20 heavy (non-hydrogen) atoms. The Morgan fingerprint density at radius 1 is 1.30 bits per heavy atom. The quantitative estimate of drug-likeness (QED) is 0.332. The number of carbonyl (C=O) groups is 1. The number of rotatable bonds is 8. The van der Waals surface area contributed by atoms with Crippen molar-refractivity contribution in [3.05, 3.63) is 29.3 Å². The van der Waals surface area contributed by atoms with Gasteiger partial charge >= 0.3 is 0 Å². The van der Waals surface area contributed by atoms with Gasteiger partial charge in [0.05, 0.1) is 6.61 Å². The summed E-state index contributed by atoms with van der Waals surface area (Å²) in [4.78, 5) is 11.0. The maximum Gasteiger partial charge on any atom is 0.233 e. The maximum atomic E-state index is 11.0. The standard InChI is InChI=1S/C16H26N2O2/c1-12(2)14-9-8-13(3)11-15(14)20-10-6-4-5-7-16(19)18-17/h8-9,11-12H,4-7,10,17H2,1-3H3,(H,18,19). The van der Waals surface area contributed by atoms with Gasteiger partial charge < -0.3 is 4.74 Å². The first-order valence-electron chi connectivity index (χ1n) is 7.27. The van der Waals surface area contributed by atoms with Crippen LogP contribution in [0.1, 0.15) is 56.6 Å². The molecular weight excluding hydrogens is 252 g/mol. The molecular formula is C16H26N2O2. The number of hydrogen-bond acceptors (Lipinski definition) is 3. The van der Waals surface area contributed by atoms with Crippen molar-refractivity contribution in [3.63, 3.8) is 0 Å². The van der Waals surface area contributed by atoms with Crippen LogP contribution in [0.5, 0.6) is 5.75 Å². The van der Waals surface area contributed by atoms with Crippen molar-refractivity contribution in [1.82, 2.24) is 5.43 Å². The van der Waals surface area contributed by atoms with Crippen LogP contribution >= 0.6 is 0 Å². The molecule has 0 atom stereocenters. The van der Waals surface area contributed by atoms with Crippen molar-refractivity contribution in [1.29, 1.82) is 0 Å². The van der Waals surface area contributed by atoms with Gasteiger partial charge in [-0.2, -0.15) is 0 Å². The predicted molar refractivity (Wildman–Crippen MR) is 81.6 cm³/mol. The highest BCUT2D eigenvalue weighted by Gasteiger charge is 2.07. The molecule has 0 radical (unpaired) electrons. The van der Waals surface area contributed by atoms with E-state index in [0.29, 0.717) is 18.9 Å². The molecule has 3 N–H and O–H groups in total. The summed E-state index contributed by atoms with van der Waals surface area (Å²) >= 11 is 0. The summed E-state index contributed by atoms with van der Waals surface area (Å²) in [6, 6.07) is 6.35. The first-order valence-corrected chi connectivity index (χ1v) is 7.27. The number of hydrogen-bond donors (Lipinski definition) is 2. The van der Waals surface area contributed by atoms with Gasteiger partial charge in [0, 0.05) is 6.42 Å². The van der Waals surface area contributed by atoms with E-state index in [1.165, 1.54) is 11.1 Å². The van der Waals surface area contributed by atoms with Crippen LogP contribution in [0.25, 0.3) is 0 Å². The summed E-state index contributed by atoms with van der Waals surface area (Å²) in [7, 11) is 0. The molecule has 0 aliphatic heterocycles. The minimum absolute atomic E-state index is 0.105. The van der Waals surface area contributed by atoms with Crippen molar-refractivity contribution < 1.29 is 9.53 Å². The summed E-state index contributed by atoms with van der Waals surface area (Å²) < 4.78 is 5.89. The van der Waals surface area contributed by atoms with E-state index in [9.17, 15) is 4.79 Å². The smallest absolute Gasteiger partial charge is 0.233 e. The van der Waals surface area contributed by atoms with E-state index < -0.39 is 0 Å². The molecule has 112 valence electrons. The number of unbranched alkanes of at least 4 members (excludes halogenated alkanes) is 2. The van der Waals surface area contributed by atoms with Gasteiger partial charge in [-0.05, 0) is 49.3 Å². The highest BCUT2D eigenvalue weighted by atomic mass is 16.5. The van der Waals surface area contributed by atoms with Crippen molar-refractivity contribution in [2.75, 3.05) is 6.61 Å². The van der Waals surface area contributed by atoms with Gasteiger partial charge in [0.1, 0.15) is 5.75 Å². The average molecular weight is 278 g/mol. The summed E-state index contributed by atoms with van der Waals surface area (Å²) in [5.41, 5.74) is 4.60. The van der Waals surface area contributed by atoms with E-state index >= 15 is 0 Å². The third-order valence-electron chi connectivity index (χ3n) is 3.26. The molecule has 4 nitrogen and oxygen atoms in total. The SMILES string of the molecule is Cc1ccc(C(C)C)c(OCCCCCC(=O)NN)c1. The normalized spacial score (nSPS) is 10.7. The fraction of sp³-hybridized carbons (Fsp3) is 0.562. The number of amides is 1. The van der Waals surface area contributed by atoms with Crippen LogP contribution in [0.3, 0.4) is 0 Å². The molecule has 0 bridgehead atoms. The van der Waals surface area contributed by atoms with Crippen molar-refractivity contribution in [3.8, 4) is 5.75 Å². The van der Waals surface area contributed by atoms with Crippen molar-refractivity contribution in [2.24, 2.45) is 5.84 Å². The van der Waals surface area contributed by atoms with Crippen LogP contribution in [0.4, 0.5) is 0 Å². The number of nitrogens with one attached hydrogen (secondary N) is 1. The minimum atomic E-state index is -0.105. The Morgan fingerprint density at radius 2 is 2.05 bits per heavy atom. The molecule has 1 aromatic rings. The summed E-state index contributed by atoms with van der Waals surface area (Å²) in [6.07, 6.45) is 3.25. The van der Waals surface area contributed by atoms with E-state index in [0.717, 1.165) is 25.0 Å². The van der Waals surface area contributed by atoms with Crippen LogP contribution in [-0.4, -0.2) is 12.5 Å². The summed E-state index contributed by atoms with van der Waals surface area (Å²) in [5.74, 6) is 6.36. The van der Waals surface area contributed by atoms with Gasteiger partial charge in [-0.25, -0.2) is 5.84 Å². The van der Waals surface area contributed by atoms with Gasteiger partial charge in [0.2, 0.25) is 5.91 Å². The Morgan fingerprint density at radius 3 is 2.70 bits per heavy atom. The van der Waals surface area contributed by atoms with E-state index in [2.05, 4.69) is 44.4 Å². The zero-order valence-electron chi connectivity index (χ0n) is 12.7. The number of aryl methyl sites for hydroxylation is 1. The number of hydrazine groups is 1. The third kappa shape index (κ3) is 5.61. The number of ether oxygens (including phenoxy) is 1. The van der Waals surface area contributed by atoms with Gasteiger partial charge in [0.25, 0.3) is 0 Å². The van der Waals surface area contributed by atoms with Gasteiger partial charge in [0.15, 0.2) is 0 Å². The average Bonchev–Trinajstić information content (AvgIpc) is 2.42. The predicted octanol–water partition coefficient (Wildman–Crippen LogP) is 3.05. The largest absolute Gasteiger partial charge is 0.493 e. The molecule has 1 amide bonds. The molecule has 1 rings (SSSR count). The second-order valence-corrected chi connectivity index (χ2v) is 5.42. The Labute approximate surface area is 121 Å².